The number of halogens is 2. The zero-order valence-corrected chi connectivity index (χ0v) is 13.1. The second-order valence-corrected chi connectivity index (χ2v) is 5.91. The van der Waals surface area contributed by atoms with Gasteiger partial charge in [0.15, 0.2) is 0 Å². The highest BCUT2D eigenvalue weighted by molar-refractivity contribution is 6.35. The molecule has 4 nitrogen and oxygen atoms in total. The van der Waals surface area contributed by atoms with Crippen LogP contribution < -0.4 is 4.90 Å². The predicted octanol–water partition coefficient (Wildman–Crippen LogP) is 3.11. The molecule has 1 aliphatic heterocycles. The van der Waals surface area contributed by atoms with Gasteiger partial charge in [0.05, 0.1) is 0 Å². The summed E-state index contributed by atoms with van der Waals surface area (Å²) in [5, 5.41) is 1.41. The molecule has 0 atom stereocenters. The molecule has 1 saturated heterocycles. The Labute approximate surface area is 134 Å². The van der Waals surface area contributed by atoms with Gasteiger partial charge in [-0.25, -0.2) is 9.97 Å². The Kier molecular flexibility index (Phi) is 4.58. The molecule has 1 aromatic carbocycles. The molecule has 1 fully saturated rings. The van der Waals surface area contributed by atoms with Crippen LogP contribution >= 0.6 is 23.2 Å². The molecule has 1 aliphatic rings. The first-order valence-electron chi connectivity index (χ1n) is 6.89. The summed E-state index contributed by atoms with van der Waals surface area (Å²) in [5.41, 5.74) is 1.12. The highest BCUT2D eigenvalue weighted by atomic mass is 35.5. The number of rotatable bonds is 3. The molecular formula is C15H16Cl2N4. The Balaban J connectivity index is 1.59. The minimum atomic E-state index is 0.678. The molecule has 0 radical (unpaired) electrons. The van der Waals surface area contributed by atoms with Gasteiger partial charge >= 0.3 is 0 Å². The van der Waals surface area contributed by atoms with E-state index in [1.54, 1.807) is 18.6 Å². The van der Waals surface area contributed by atoms with Gasteiger partial charge < -0.3 is 4.90 Å². The van der Waals surface area contributed by atoms with E-state index in [0.717, 1.165) is 49.1 Å². The van der Waals surface area contributed by atoms with E-state index >= 15 is 0 Å². The quantitative estimate of drug-likeness (QED) is 0.869. The van der Waals surface area contributed by atoms with Crippen molar-refractivity contribution in [3.63, 3.8) is 0 Å². The Morgan fingerprint density at radius 3 is 2.52 bits per heavy atom. The standard InChI is InChI=1S/C15H16Cl2N4/c16-13-2-1-12(14(17)9-13)10-20-5-7-21(8-6-20)15-3-4-18-11-19-15/h1-4,9,11H,5-8,10H2. The molecule has 0 N–H and O–H groups in total. The molecular weight excluding hydrogens is 307 g/mol. The van der Waals surface area contributed by atoms with Crippen LogP contribution in [0.25, 0.3) is 0 Å². The molecule has 0 amide bonds. The van der Waals surface area contributed by atoms with Crippen molar-refractivity contribution in [3.05, 3.63) is 52.4 Å². The molecule has 0 saturated carbocycles. The van der Waals surface area contributed by atoms with E-state index in [0.29, 0.717) is 5.02 Å². The fourth-order valence-electron chi connectivity index (χ4n) is 2.50. The van der Waals surface area contributed by atoms with Crippen molar-refractivity contribution < 1.29 is 0 Å². The van der Waals surface area contributed by atoms with Crippen molar-refractivity contribution >= 4 is 29.0 Å². The van der Waals surface area contributed by atoms with E-state index < -0.39 is 0 Å². The summed E-state index contributed by atoms with van der Waals surface area (Å²) < 4.78 is 0. The molecule has 21 heavy (non-hydrogen) atoms. The van der Waals surface area contributed by atoms with Crippen molar-refractivity contribution in [2.45, 2.75) is 6.54 Å². The average Bonchev–Trinajstić information content (AvgIpc) is 2.52. The fourth-order valence-corrected chi connectivity index (χ4v) is 2.96. The maximum absolute atomic E-state index is 6.23. The largest absolute Gasteiger partial charge is 0.354 e. The molecule has 110 valence electrons. The summed E-state index contributed by atoms with van der Waals surface area (Å²) in [7, 11) is 0. The van der Waals surface area contributed by atoms with Gasteiger partial charge in [0.25, 0.3) is 0 Å². The highest BCUT2D eigenvalue weighted by Crippen LogP contribution is 2.23. The number of hydrogen-bond donors (Lipinski definition) is 0. The van der Waals surface area contributed by atoms with Gasteiger partial charge in [-0.2, -0.15) is 0 Å². The first-order chi connectivity index (χ1) is 10.2. The Morgan fingerprint density at radius 1 is 1.05 bits per heavy atom. The van der Waals surface area contributed by atoms with E-state index in [4.69, 9.17) is 23.2 Å². The van der Waals surface area contributed by atoms with Crippen LogP contribution in [-0.4, -0.2) is 41.0 Å². The Hall–Kier alpha value is -1.36. The van der Waals surface area contributed by atoms with Crippen LogP contribution in [0.2, 0.25) is 10.0 Å². The third-order valence-electron chi connectivity index (χ3n) is 3.67. The molecule has 3 rings (SSSR count). The molecule has 0 bridgehead atoms. The second kappa shape index (κ2) is 6.60. The van der Waals surface area contributed by atoms with Gasteiger partial charge in [0, 0.05) is 49.0 Å². The van der Waals surface area contributed by atoms with E-state index in [2.05, 4.69) is 19.8 Å². The first-order valence-corrected chi connectivity index (χ1v) is 7.65. The molecule has 6 heteroatoms. The minimum Gasteiger partial charge on any atom is -0.354 e. The van der Waals surface area contributed by atoms with Crippen LogP contribution in [0.4, 0.5) is 5.82 Å². The van der Waals surface area contributed by atoms with Crippen LogP contribution in [0.5, 0.6) is 0 Å². The SMILES string of the molecule is Clc1ccc(CN2CCN(c3ccncn3)CC2)c(Cl)c1. The van der Waals surface area contributed by atoms with Gasteiger partial charge in [0.2, 0.25) is 0 Å². The lowest BCUT2D eigenvalue weighted by Gasteiger charge is -2.35. The number of piperazine rings is 1. The van der Waals surface area contributed by atoms with Crippen LogP contribution in [0, 0.1) is 0 Å². The molecule has 1 aromatic heterocycles. The maximum atomic E-state index is 6.23. The summed E-state index contributed by atoms with van der Waals surface area (Å²) in [6, 6.07) is 7.64. The number of aromatic nitrogens is 2. The van der Waals surface area contributed by atoms with Crippen molar-refractivity contribution in [2.75, 3.05) is 31.1 Å². The second-order valence-electron chi connectivity index (χ2n) is 5.07. The monoisotopic (exact) mass is 322 g/mol. The lowest BCUT2D eigenvalue weighted by molar-refractivity contribution is 0.249. The van der Waals surface area contributed by atoms with Gasteiger partial charge in [-0.05, 0) is 23.8 Å². The van der Waals surface area contributed by atoms with Gasteiger partial charge in [0.1, 0.15) is 12.1 Å². The van der Waals surface area contributed by atoms with Crippen molar-refractivity contribution in [3.8, 4) is 0 Å². The summed E-state index contributed by atoms with van der Waals surface area (Å²) in [6.07, 6.45) is 3.37. The topological polar surface area (TPSA) is 32.3 Å². The van der Waals surface area contributed by atoms with Crippen molar-refractivity contribution in [2.24, 2.45) is 0 Å². The third kappa shape index (κ3) is 3.64. The zero-order valence-electron chi connectivity index (χ0n) is 11.5. The van der Waals surface area contributed by atoms with E-state index in [-0.39, 0.29) is 0 Å². The lowest BCUT2D eigenvalue weighted by atomic mass is 10.2. The van der Waals surface area contributed by atoms with Crippen LogP contribution in [0.1, 0.15) is 5.56 Å². The normalized spacial score (nSPS) is 16.2. The number of nitrogens with zero attached hydrogens (tertiary/aromatic N) is 4. The minimum absolute atomic E-state index is 0.678. The van der Waals surface area contributed by atoms with Crippen molar-refractivity contribution in [1.82, 2.24) is 14.9 Å². The van der Waals surface area contributed by atoms with Gasteiger partial charge in [-0.1, -0.05) is 29.3 Å². The van der Waals surface area contributed by atoms with Crippen LogP contribution in [-0.2, 0) is 6.54 Å². The van der Waals surface area contributed by atoms with E-state index in [1.165, 1.54) is 0 Å². The van der Waals surface area contributed by atoms with Crippen LogP contribution in [0.3, 0.4) is 0 Å². The van der Waals surface area contributed by atoms with E-state index in [9.17, 15) is 0 Å². The summed E-state index contributed by atoms with van der Waals surface area (Å²) in [5.74, 6) is 0.995. The predicted molar refractivity (Wildman–Crippen MR) is 86.0 cm³/mol. The Bertz CT molecular complexity index is 598. The fraction of sp³-hybridized carbons (Fsp3) is 0.333. The average molecular weight is 323 g/mol. The first kappa shape index (κ1) is 14.6. The van der Waals surface area contributed by atoms with E-state index in [1.807, 2.05) is 18.2 Å². The van der Waals surface area contributed by atoms with Gasteiger partial charge in [-0.15, -0.1) is 0 Å². The number of anilines is 1. The smallest absolute Gasteiger partial charge is 0.131 e. The summed E-state index contributed by atoms with van der Waals surface area (Å²) >= 11 is 12.2. The number of benzene rings is 1. The number of hydrogen-bond acceptors (Lipinski definition) is 4. The molecule has 0 spiro atoms. The van der Waals surface area contributed by atoms with Crippen LogP contribution in [0.15, 0.2) is 36.8 Å². The molecule has 0 aliphatic carbocycles. The molecule has 0 unspecified atom stereocenters. The summed E-state index contributed by atoms with van der Waals surface area (Å²) in [4.78, 5) is 12.9. The molecule has 2 aromatic rings. The zero-order chi connectivity index (χ0) is 14.7. The van der Waals surface area contributed by atoms with Gasteiger partial charge in [-0.3, -0.25) is 4.90 Å². The maximum Gasteiger partial charge on any atom is 0.131 e. The summed E-state index contributed by atoms with van der Waals surface area (Å²) in [6.45, 7) is 4.75. The van der Waals surface area contributed by atoms with Crippen molar-refractivity contribution in [1.29, 1.82) is 0 Å². The Morgan fingerprint density at radius 2 is 1.86 bits per heavy atom. The molecule has 2 heterocycles. The highest BCUT2D eigenvalue weighted by Gasteiger charge is 2.18. The third-order valence-corrected chi connectivity index (χ3v) is 4.26. The lowest BCUT2D eigenvalue weighted by Crippen LogP contribution is -2.46.